The highest BCUT2D eigenvalue weighted by Gasteiger charge is 2.23. The Morgan fingerprint density at radius 1 is 1.07 bits per heavy atom. The van der Waals surface area contributed by atoms with Gasteiger partial charge in [0.1, 0.15) is 5.78 Å². The predicted octanol–water partition coefficient (Wildman–Crippen LogP) is 5.89. The molecule has 0 radical (unpaired) electrons. The zero-order chi connectivity index (χ0) is 20.0. The van der Waals surface area contributed by atoms with Crippen LogP contribution < -0.4 is 0 Å². The van der Waals surface area contributed by atoms with Crippen LogP contribution in [-0.2, 0) is 24.1 Å². The minimum Gasteiger partial charge on any atom is -0.354 e. The van der Waals surface area contributed by atoms with Crippen molar-refractivity contribution in [3.05, 3.63) is 77.1 Å². The molecule has 2 aromatic carbocycles. The van der Waals surface area contributed by atoms with Crippen LogP contribution in [0, 0.1) is 0 Å². The number of pyridine rings is 1. The van der Waals surface area contributed by atoms with Crippen molar-refractivity contribution in [3.8, 4) is 22.4 Å². The Morgan fingerprint density at radius 3 is 2.69 bits per heavy atom. The number of Topliss-reactive ketones (excluding diaryl/α,β-unsaturated/α-hetero) is 1. The zero-order valence-electron chi connectivity index (χ0n) is 16.9. The molecule has 0 spiro atoms. The molecule has 0 amide bonds. The number of aromatic amines is 1. The Balaban J connectivity index is 1.50. The van der Waals surface area contributed by atoms with Crippen molar-refractivity contribution in [1.82, 2.24) is 9.97 Å². The predicted molar refractivity (Wildman–Crippen MR) is 118 cm³/mol. The summed E-state index contributed by atoms with van der Waals surface area (Å²) in [5, 5.41) is 1.28. The topological polar surface area (TPSA) is 45.8 Å². The fraction of sp³-hybridized carbons (Fsp3) is 0.231. The number of hydrogen-bond acceptors (Lipinski definition) is 2. The molecule has 5 rings (SSSR count). The molecule has 1 aliphatic carbocycles. The van der Waals surface area contributed by atoms with E-state index in [0.717, 1.165) is 36.1 Å². The number of fused-ring (bicyclic) bond motifs is 5. The summed E-state index contributed by atoms with van der Waals surface area (Å²) in [4.78, 5) is 19.7. The molecule has 0 fully saturated rings. The molecule has 2 aromatic heterocycles. The largest absolute Gasteiger partial charge is 0.354 e. The lowest BCUT2D eigenvalue weighted by Gasteiger charge is -2.05. The maximum atomic E-state index is 11.4. The summed E-state index contributed by atoms with van der Waals surface area (Å²) < 4.78 is 0. The van der Waals surface area contributed by atoms with Gasteiger partial charge in [-0.25, -0.2) is 0 Å². The quantitative estimate of drug-likeness (QED) is 0.413. The van der Waals surface area contributed by atoms with Crippen LogP contribution in [0.3, 0.4) is 0 Å². The van der Waals surface area contributed by atoms with Crippen molar-refractivity contribution >= 4 is 16.7 Å². The van der Waals surface area contributed by atoms with Crippen LogP contribution in [0.25, 0.3) is 33.3 Å². The van der Waals surface area contributed by atoms with E-state index in [0.29, 0.717) is 6.42 Å². The van der Waals surface area contributed by atoms with Gasteiger partial charge in [-0.05, 0) is 47.7 Å². The van der Waals surface area contributed by atoms with Crippen molar-refractivity contribution in [2.75, 3.05) is 0 Å². The van der Waals surface area contributed by atoms with Gasteiger partial charge in [0, 0.05) is 46.8 Å². The zero-order valence-corrected chi connectivity index (χ0v) is 16.9. The van der Waals surface area contributed by atoms with Gasteiger partial charge < -0.3 is 4.98 Å². The smallest absolute Gasteiger partial charge is 0.134 e. The summed E-state index contributed by atoms with van der Waals surface area (Å²) in [6.07, 6.45) is 5.55. The lowest BCUT2D eigenvalue weighted by Crippen LogP contribution is -1.97. The highest BCUT2D eigenvalue weighted by Crippen LogP contribution is 2.41. The van der Waals surface area contributed by atoms with Gasteiger partial charge in [0.05, 0.1) is 5.69 Å². The van der Waals surface area contributed by atoms with E-state index in [1.54, 1.807) is 6.92 Å². The second kappa shape index (κ2) is 7.00. The Bertz CT molecular complexity index is 1230. The number of benzene rings is 2. The van der Waals surface area contributed by atoms with E-state index in [1.807, 2.05) is 6.20 Å². The number of hydrogen-bond donors (Lipinski definition) is 1. The molecule has 0 unspecified atom stereocenters. The van der Waals surface area contributed by atoms with Crippen LogP contribution in [0.2, 0.25) is 0 Å². The molecule has 0 saturated carbocycles. The van der Waals surface area contributed by atoms with Crippen molar-refractivity contribution < 1.29 is 4.79 Å². The fourth-order valence-electron chi connectivity index (χ4n) is 4.47. The first-order chi connectivity index (χ1) is 14.1. The summed E-state index contributed by atoms with van der Waals surface area (Å²) in [5.74, 6) is 0.205. The first kappa shape index (κ1) is 17.9. The van der Waals surface area contributed by atoms with E-state index < -0.39 is 0 Å². The average molecular weight is 380 g/mol. The molecule has 0 aliphatic heterocycles. The summed E-state index contributed by atoms with van der Waals surface area (Å²) in [6, 6.07) is 17.4. The molecule has 3 nitrogen and oxygen atoms in total. The highest BCUT2D eigenvalue weighted by molar-refractivity contribution is 5.96. The van der Waals surface area contributed by atoms with E-state index in [9.17, 15) is 4.79 Å². The molecule has 0 atom stereocenters. The SMILES string of the molecule is CCCc1ccc(-c2ccc3c4c([nH]c3c2)-c2ccc(CC(C)=O)cc2C4)cn1. The van der Waals surface area contributed by atoms with E-state index in [2.05, 4.69) is 65.4 Å². The monoisotopic (exact) mass is 380 g/mol. The van der Waals surface area contributed by atoms with Crippen LogP contribution >= 0.6 is 0 Å². The van der Waals surface area contributed by atoms with E-state index in [1.165, 1.54) is 38.9 Å². The summed E-state index contributed by atoms with van der Waals surface area (Å²) in [7, 11) is 0. The number of nitrogens with zero attached hydrogens (tertiary/aromatic N) is 1. The minimum absolute atomic E-state index is 0.205. The van der Waals surface area contributed by atoms with E-state index >= 15 is 0 Å². The Labute approximate surface area is 170 Å². The minimum atomic E-state index is 0.205. The number of nitrogens with one attached hydrogen (secondary N) is 1. The molecule has 1 aliphatic rings. The van der Waals surface area contributed by atoms with E-state index in [-0.39, 0.29) is 5.78 Å². The average Bonchev–Trinajstić information content (AvgIpc) is 3.23. The molecule has 1 N–H and O–H groups in total. The van der Waals surface area contributed by atoms with Gasteiger partial charge in [-0.2, -0.15) is 0 Å². The molecular weight excluding hydrogens is 356 g/mol. The number of rotatable bonds is 5. The highest BCUT2D eigenvalue weighted by atomic mass is 16.1. The summed E-state index contributed by atoms with van der Waals surface area (Å²) in [5.41, 5.74) is 10.9. The van der Waals surface area contributed by atoms with Crippen LogP contribution in [0.15, 0.2) is 54.7 Å². The van der Waals surface area contributed by atoms with Crippen LogP contribution in [-0.4, -0.2) is 15.8 Å². The number of aryl methyl sites for hydroxylation is 1. The normalized spacial score (nSPS) is 12.2. The van der Waals surface area contributed by atoms with Gasteiger partial charge in [-0.3, -0.25) is 9.78 Å². The molecule has 4 aromatic rings. The van der Waals surface area contributed by atoms with Crippen molar-refractivity contribution in [2.45, 2.75) is 39.5 Å². The molecule has 0 bridgehead atoms. The first-order valence-electron chi connectivity index (χ1n) is 10.3. The van der Waals surface area contributed by atoms with Crippen molar-refractivity contribution in [3.63, 3.8) is 0 Å². The van der Waals surface area contributed by atoms with Gasteiger partial charge in [-0.1, -0.05) is 49.7 Å². The summed E-state index contributed by atoms with van der Waals surface area (Å²) >= 11 is 0. The van der Waals surface area contributed by atoms with E-state index in [4.69, 9.17) is 0 Å². The van der Waals surface area contributed by atoms with Crippen LogP contribution in [0.4, 0.5) is 0 Å². The second-order valence-corrected chi connectivity index (χ2v) is 8.07. The summed E-state index contributed by atoms with van der Waals surface area (Å²) in [6.45, 7) is 3.82. The number of aromatic nitrogens is 2. The van der Waals surface area contributed by atoms with Crippen LogP contribution in [0.1, 0.15) is 42.7 Å². The lowest BCUT2D eigenvalue weighted by molar-refractivity contribution is -0.116. The molecule has 144 valence electrons. The number of carbonyl (C=O) groups is 1. The Hall–Kier alpha value is -3.20. The molecule has 2 heterocycles. The third kappa shape index (κ3) is 3.17. The molecule has 3 heteroatoms. The molecule has 0 saturated heterocycles. The van der Waals surface area contributed by atoms with Gasteiger partial charge >= 0.3 is 0 Å². The standard InChI is InChI=1S/C26H24N2O/c1-3-4-21-8-6-19(15-27-21)18-7-10-23-24-13-20-12-17(11-16(2)29)5-9-22(20)26(24)28-25(23)14-18/h5-10,12,14-15,28H,3-4,11,13H2,1-2H3. The van der Waals surface area contributed by atoms with Gasteiger partial charge in [0.2, 0.25) is 0 Å². The maximum absolute atomic E-state index is 11.4. The fourth-order valence-corrected chi connectivity index (χ4v) is 4.47. The third-order valence-corrected chi connectivity index (χ3v) is 5.83. The van der Waals surface area contributed by atoms with Crippen molar-refractivity contribution in [2.24, 2.45) is 0 Å². The molecular formula is C26H24N2O. The number of ketones is 1. The van der Waals surface area contributed by atoms with Gasteiger partial charge in [0.25, 0.3) is 0 Å². The van der Waals surface area contributed by atoms with Crippen molar-refractivity contribution in [1.29, 1.82) is 0 Å². The molecule has 29 heavy (non-hydrogen) atoms. The van der Waals surface area contributed by atoms with Crippen LogP contribution in [0.5, 0.6) is 0 Å². The van der Waals surface area contributed by atoms with Gasteiger partial charge in [0.15, 0.2) is 0 Å². The Kier molecular flexibility index (Phi) is 4.31. The second-order valence-electron chi connectivity index (χ2n) is 8.07. The van der Waals surface area contributed by atoms with Gasteiger partial charge in [-0.15, -0.1) is 0 Å². The number of H-pyrrole nitrogens is 1. The first-order valence-corrected chi connectivity index (χ1v) is 10.3. The number of carbonyl (C=O) groups excluding carboxylic acids is 1. The Morgan fingerprint density at radius 2 is 1.93 bits per heavy atom. The third-order valence-electron chi connectivity index (χ3n) is 5.83. The lowest BCUT2D eigenvalue weighted by atomic mass is 10.0. The maximum Gasteiger partial charge on any atom is 0.134 e.